The van der Waals surface area contributed by atoms with Crippen molar-refractivity contribution in [2.45, 2.75) is 26.1 Å². The van der Waals surface area contributed by atoms with E-state index in [-0.39, 0.29) is 17.3 Å². The van der Waals surface area contributed by atoms with Gasteiger partial charge >= 0.3 is 6.01 Å². The second-order valence-corrected chi connectivity index (χ2v) is 5.03. The second kappa shape index (κ2) is 5.35. The first-order valence-electron chi connectivity index (χ1n) is 5.30. The molecule has 0 spiro atoms. The Balaban J connectivity index is 2.58. The number of rotatable bonds is 5. The molecule has 0 aliphatic carbocycles. The summed E-state index contributed by atoms with van der Waals surface area (Å²) >= 11 is 5.79. The van der Waals surface area contributed by atoms with Gasteiger partial charge in [0.05, 0.1) is 5.41 Å². The molecule has 1 aromatic rings. The van der Waals surface area contributed by atoms with E-state index < -0.39 is 5.41 Å². The van der Waals surface area contributed by atoms with Gasteiger partial charge in [-0.2, -0.15) is 0 Å². The summed E-state index contributed by atoms with van der Waals surface area (Å²) in [7, 11) is 1.60. The van der Waals surface area contributed by atoms with Gasteiger partial charge in [0.15, 0.2) is 0 Å². The molecule has 7 heteroatoms. The molecular formula is C10H17ClN4O2. The molecule has 2 N–H and O–H groups in total. The number of nitrogens with zero attached hydrogens (tertiary/aromatic N) is 2. The Bertz CT molecular complexity index is 389. The highest BCUT2D eigenvalue weighted by Crippen LogP contribution is 2.21. The molecular weight excluding hydrogens is 244 g/mol. The Kier molecular flexibility index (Phi) is 4.34. The Hall–Kier alpha value is -1.30. The van der Waals surface area contributed by atoms with Crippen molar-refractivity contribution >= 4 is 23.5 Å². The van der Waals surface area contributed by atoms with Crippen molar-refractivity contribution < 1.29 is 9.21 Å². The number of halogens is 1. The van der Waals surface area contributed by atoms with Crippen molar-refractivity contribution in [3.63, 3.8) is 0 Å². The summed E-state index contributed by atoms with van der Waals surface area (Å²) in [5.41, 5.74) is -0.560. The van der Waals surface area contributed by atoms with Gasteiger partial charge in [0.25, 0.3) is 0 Å². The van der Waals surface area contributed by atoms with Crippen molar-refractivity contribution in [1.82, 2.24) is 15.5 Å². The van der Waals surface area contributed by atoms with Crippen LogP contribution in [0, 0.1) is 5.41 Å². The van der Waals surface area contributed by atoms with Crippen LogP contribution in [0.1, 0.15) is 32.0 Å². The highest BCUT2D eigenvalue weighted by Gasteiger charge is 2.27. The lowest BCUT2D eigenvalue weighted by Gasteiger charge is -2.21. The van der Waals surface area contributed by atoms with Crippen LogP contribution in [0.5, 0.6) is 0 Å². The largest absolute Gasteiger partial charge is 0.407 e. The molecule has 1 heterocycles. The first-order valence-corrected chi connectivity index (χ1v) is 5.74. The lowest BCUT2D eigenvalue weighted by molar-refractivity contribution is -0.128. The molecule has 0 bridgehead atoms. The van der Waals surface area contributed by atoms with Crippen LogP contribution in [0.25, 0.3) is 0 Å². The molecule has 1 aromatic heterocycles. The number of carbonyl (C=O) groups is 1. The molecule has 6 nitrogen and oxygen atoms in total. The van der Waals surface area contributed by atoms with Crippen LogP contribution in [-0.2, 0) is 4.79 Å². The Labute approximate surface area is 105 Å². The molecule has 17 heavy (non-hydrogen) atoms. The molecule has 0 fully saturated rings. The van der Waals surface area contributed by atoms with Crippen LogP contribution in [0.2, 0.25) is 0 Å². The minimum atomic E-state index is -0.560. The summed E-state index contributed by atoms with van der Waals surface area (Å²) in [5, 5.41) is 12.7. The number of aromatic nitrogens is 2. The van der Waals surface area contributed by atoms with Crippen LogP contribution < -0.4 is 10.6 Å². The van der Waals surface area contributed by atoms with Crippen molar-refractivity contribution in [3.8, 4) is 0 Å². The van der Waals surface area contributed by atoms with Crippen LogP contribution in [0.4, 0.5) is 6.01 Å². The average molecular weight is 261 g/mol. The summed E-state index contributed by atoms with van der Waals surface area (Å²) in [6, 6.07) is 0.268. The Morgan fingerprint density at radius 2 is 2.18 bits per heavy atom. The van der Waals surface area contributed by atoms with E-state index in [0.717, 1.165) is 0 Å². The maximum Gasteiger partial charge on any atom is 0.315 e. The summed E-state index contributed by atoms with van der Waals surface area (Å²) < 4.78 is 5.26. The Morgan fingerprint density at radius 1 is 1.53 bits per heavy atom. The molecule has 1 atom stereocenters. The summed E-state index contributed by atoms with van der Waals surface area (Å²) in [6.45, 7) is 5.78. The maximum atomic E-state index is 11.5. The first-order chi connectivity index (χ1) is 7.86. The molecule has 0 aromatic carbocycles. The zero-order valence-electron chi connectivity index (χ0n) is 10.4. The summed E-state index contributed by atoms with van der Waals surface area (Å²) in [4.78, 5) is 11.5. The van der Waals surface area contributed by atoms with Gasteiger partial charge in [-0.1, -0.05) is 5.10 Å². The molecule has 1 amide bonds. The molecule has 0 aliphatic heterocycles. The van der Waals surface area contributed by atoms with Gasteiger partial charge in [-0.25, -0.2) is 0 Å². The average Bonchev–Trinajstić information content (AvgIpc) is 2.74. The second-order valence-electron chi connectivity index (χ2n) is 4.38. The van der Waals surface area contributed by atoms with Gasteiger partial charge in [0.2, 0.25) is 11.8 Å². The topological polar surface area (TPSA) is 80.0 Å². The quantitative estimate of drug-likeness (QED) is 0.786. The highest BCUT2D eigenvalue weighted by molar-refractivity contribution is 6.20. The third kappa shape index (κ3) is 3.59. The van der Waals surface area contributed by atoms with Crippen molar-refractivity contribution in [1.29, 1.82) is 0 Å². The first kappa shape index (κ1) is 13.8. The summed E-state index contributed by atoms with van der Waals surface area (Å²) in [6.07, 6.45) is 0. The lowest BCUT2D eigenvalue weighted by Crippen LogP contribution is -2.39. The van der Waals surface area contributed by atoms with Crippen LogP contribution in [0.15, 0.2) is 4.42 Å². The number of carbonyl (C=O) groups excluding carboxylic acids is 1. The molecule has 1 rings (SSSR count). The number of hydrogen-bond acceptors (Lipinski definition) is 5. The molecule has 0 saturated carbocycles. The predicted molar refractivity (Wildman–Crippen MR) is 64.9 cm³/mol. The fourth-order valence-electron chi connectivity index (χ4n) is 1.18. The van der Waals surface area contributed by atoms with Crippen molar-refractivity contribution in [2.75, 3.05) is 18.9 Å². The van der Waals surface area contributed by atoms with Gasteiger partial charge in [0.1, 0.15) is 5.38 Å². The van der Waals surface area contributed by atoms with E-state index in [1.165, 1.54) is 0 Å². The molecule has 1 unspecified atom stereocenters. The molecule has 0 saturated heterocycles. The number of alkyl halides is 1. The Morgan fingerprint density at radius 3 is 2.65 bits per heavy atom. The van der Waals surface area contributed by atoms with E-state index in [1.54, 1.807) is 14.0 Å². The normalized spacial score (nSPS) is 13.2. The minimum Gasteiger partial charge on any atom is -0.407 e. The van der Waals surface area contributed by atoms with Crippen LogP contribution in [0.3, 0.4) is 0 Å². The molecule has 0 aliphatic rings. The van der Waals surface area contributed by atoms with Crippen LogP contribution in [-0.4, -0.2) is 29.7 Å². The summed E-state index contributed by atoms with van der Waals surface area (Å²) in [5.74, 6) is 0.294. The zero-order valence-corrected chi connectivity index (χ0v) is 11.1. The third-order valence-electron chi connectivity index (χ3n) is 2.30. The minimum absolute atomic E-state index is 0.0598. The number of hydrogen-bond donors (Lipinski definition) is 2. The van der Waals surface area contributed by atoms with E-state index in [1.807, 2.05) is 13.8 Å². The monoisotopic (exact) mass is 260 g/mol. The molecule has 0 radical (unpaired) electrons. The van der Waals surface area contributed by atoms with E-state index in [2.05, 4.69) is 20.8 Å². The van der Waals surface area contributed by atoms with E-state index in [9.17, 15) is 4.79 Å². The van der Waals surface area contributed by atoms with Gasteiger partial charge in [-0.3, -0.25) is 4.79 Å². The van der Waals surface area contributed by atoms with Gasteiger partial charge in [-0.15, -0.1) is 16.7 Å². The van der Waals surface area contributed by atoms with Gasteiger partial charge in [0, 0.05) is 13.6 Å². The van der Waals surface area contributed by atoms with E-state index in [0.29, 0.717) is 12.4 Å². The standard InChI is InChI=1S/C10H17ClN4O2/c1-6(11)7-14-15-9(17-7)13-5-10(2,3)8(16)12-4/h6H,5H2,1-4H3,(H,12,16)(H,13,15). The zero-order chi connectivity index (χ0) is 13.1. The number of amides is 1. The molecule has 96 valence electrons. The van der Waals surface area contributed by atoms with E-state index in [4.69, 9.17) is 16.0 Å². The number of anilines is 1. The van der Waals surface area contributed by atoms with Gasteiger partial charge < -0.3 is 15.1 Å². The third-order valence-corrected chi connectivity index (χ3v) is 2.49. The fourth-order valence-corrected chi connectivity index (χ4v) is 1.27. The lowest BCUT2D eigenvalue weighted by atomic mass is 9.92. The smallest absolute Gasteiger partial charge is 0.315 e. The maximum absolute atomic E-state index is 11.5. The van der Waals surface area contributed by atoms with Crippen LogP contribution >= 0.6 is 11.6 Å². The van der Waals surface area contributed by atoms with Gasteiger partial charge in [-0.05, 0) is 20.8 Å². The van der Waals surface area contributed by atoms with E-state index >= 15 is 0 Å². The number of nitrogens with one attached hydrogen (secondary N) is 2. The SMILES string of the molecule is CNC(=O)C(C)(C)CNc1nnc(C(C)Cl)o1. The van der Waals surface area contributed by atoms with Crippen molar-refractivity contribution in [2.24, 2.45) is 5.41 Å². The van der Waals surface area contributed by atoms with Crippen molar-refractivity contribution in [3.05, 3.63) is 5.89 Å². The fraction of sp³-hybridized carbons (Fsp3) is 0.700. The predicted octanol–water partition coefficient (Wildman–Crippen LogP) is 1.55. The highest BCUT2D eigenvalue weighted by atomic mass is 35.5.